The smallest absolute Gasteiger partial charge is 0.331 e. The summed E-state index contributed by atoms with van der Waals surface area (Å²) >= 11 is 0. The van der Waals surface area contributed by atoms with E-state index in [0.717, 1.165) is 0 Å². The van der Waals surface area contributed by atoms with Gasteiger partial charge in [0.1, 0.15) is 23.0 Å². The number of carbonyl (C=O) groups is 2. The normalized spacial score (nSPS) is 10.3. The Morgan fingerprint density at radius 1 is 0.862 bits per heavy atom. The van der Waals surface area contributed by atoms with Crippen LogP contribution in [0.2, 0.25) is 0 Å². The van der Waals surface area contributed by atoms with E-state index in [1.54, 1.807) is 43.5 Å². The van der Waals surface area contributed by atoms with Crippen LogP contribution in [0.3, 0.4) is 0 Å². The molecule has 0 saturated carbocycles. The standard InChI is InChI=1S/C21H23NO7/c1-25-15-7-5-14(18(11-15)27-3)6-10-21(24)29-13-20(23)22-17-9-8-16(26-2)12-19(17)28-4/h5-12H,13H2,1-4H3,(H,22,23)/b10-6+. The molecule has 0 spiro atoms. The fourth-order valence-corrected chi connectivity index (χ4v) is 2.39. The predicted molar refractivity (Wildman–Crippen MR) is 108 cm³/mol. The van der Waals surface area contributed by atoms with Gasteiger partial charge in [-0.15, -0.1) is 0 Å². The number of hydrogen-bond acceptors (Lipinski definition) is 7. The fourth-order valence-electron chi connectivity index (χ4n) is 2.39. The molecule has 154 valence electrons. The van der Waals surface area contributed by atoms with E-state index < -0.39 is 18.5 Å². The van der Waals surface area contributed by atoms with E-state index in [9.17, 15) is 9.59 Å². The monoisotopic (exact) mass is 401 g/mol. The molecule has 0 radical (unpaired) electrons. The summed E-state index contributed by atoms with van der Waals surface area (Å²) in [5.74, 6) is 1.02. The number of ether oxygens (including phenoxy) is 5. The SMILES string of the molecule is COc1ccc(/C=C/C(=O)OCC(=O)Nc2ccc(OC)cc2OC)c(OC)c1. The van der Waals surface area contributed by atoms with Crippen LogP contribution in [0.5, 0.6) is 23.0 Å². The average Bonchev–Trinajstić information content (AvgIpc) is 2.76. The Bertz CT molecular complexity index is 893. The van der Waals surface area contributed by atoms with Gasteiger partial charge < -0.3 is 29.0 Å². The molecular formula is C21H23NO7. The lowest BCUT2D eigenvalue weighted by Crippen LogP contribution is -2.20. The van der Waals surface area contributed by atoms with Crippen LogP contribution in [0.15, 0.2) is 42.5 Å². The molecule has 0 aliphatic rings. The second-order valence-electron chi connectivity index (χ2n) is 5.66. The molecule has 0 atom stereocenters. The highest BCUT2D eigenvalue weighted by atomic mass is 16.5. The van der Waals surface area contributed by atoms with Crippen LogP contribution in [0, 0.1) is 0 Å². The minimum Gasteiger partial charge on any atom is -0.497 e. The predicted octanol–water partition coefficient (Wildman–Crippen LogP) is 2.92. The van der Waals surface area contributed by atoms with Crippen LogP contribution >= 0.6 is 0 Å². The van der Waals surface area contributed by atoms with Crippen molar-refractivity contribution in [3.8, 4) is 23.0 Å². The number of anilines is 1. The lowest BCUT2D eigenvalue weighted by molar-refractivity contribution is -0.142. The van der Waals surface area contributed by atoms with Gasteiger partial charge in [0.2, 0.25) is 0 Å². The largest absolute Gasteiger partial charge is 0.497 e. The number of methoxy groups -OCH3 is 4. The first-order valence-electron chi connectivity index (χ1n) is 8.59. The van der Waals surface area contributed by atoms with E-state index in [4.69, 9.17) is 23.7 Å². The molecule has 0 aliphatic carbocycles. The Morgan fingerprint density at radius 2 is 1.48 bits per heavy atom. The molecule has 8 heteroatoms. The summed E-state index contributed by atoms with van der Waals surface area (Å²) in [4.78, 5) is 24.0. The summed E-state index contributed by atoms with van der Waals surface area (Å²) in [6.45, 7) is -0.446. The van der Waals surface area contributed by atoms with Crippen LogP contribution in [0.4, 0.5) is 5.69 Å². The van der Waals surface area contributed by atoms with E-state index in [2.05, 4.69) is 5.32 Å². The van der Waals surface area contributed by atoms with E-state index >= 15 is 0 Å². The van der Waals surface area contributed by atoms with Crippen molar-refractivity contribution in [1.82, 2.24) is 0 Å². The molecular weight excluding hydrogens is 378 g/mol. The Balaban J connectivity index is 1.92. The van der Waals surface area contributed by atoms with Crippen molar-refractivity contribution >= 4 is 23.6 Å². The number of amides is 1. The van der Waals surface area contributed by atoms with Gasteiger partial charge in [0.15, 0.2) is 6.61 Å². The van der Waals surface area contributed by atoms with Crippen molar-refractivity contribution in [2.24, 2.45) is 0 Å². The minimum atomic E-state index is -0.667. The van der Waals surface area contributed by atoms with Crippen LogP contribution < -0.4 is 24.3 Å². The topological polar surface area (TPSA) is 92.3 Å². The van der Waals surface area contributed by atoms with Crippen molar-refractivity contribution in [3.63, 3.8) is 0 Å². The van der Waals surface area contributed by atoms with E-state index in [1.165, 1.54) is 33.5 Å². The first-order valence-corrected chi connectivity index (χ1v) is 8.59. The third kappa shape index (κ3) is 6.17. The zero-order chi connectivity index (χ0) is 21.2. The Kier molecular flexibility index (Phi) is 7.90. The van der Waals surface area contributed by atoms with Gasteiger partial charge >= 0.3 is 5.97 Å². The second kappa shape index (κ2) is 10.6. The zero-order valence-electron chi connectivity index (χ0n) is 16.7. The zero-order valence-corrected chi connectivity index (χ0v) is 16.7. The molecule has 2 aromatic rings. The Labute approximate surface area is 169 Å². The highest BCUT2D eigenvalue weighted by molar-refractivity contribution is 5.95. The second-order valence-corrected chi connectivity index (χ2v) is 5.66. The van der Waals surface area contributed by atoms with Gasteiger partial charge in [-0.1, -0.05) is 0 Å². The lowest BCUT2D eigenvalue weighted by atomic mass is 10.2. The highest BCUT2D eigenvalue weighted by Crippen LogP contribution is 2.29. The van der Waals surface area contributed by atoms with Crippen molar-refractivity contribution in [3.05, 3.63) is 48.0 Å². The van der Waals surface area contributed by atoms with Crippen molar-refractivity contribution in [2.75, 3.05) is 40.4 Å². The third-order valence-corrected chi connectivity index (χ3v) is 3.87. The molecule has 29 heavy (non-hydrogen) atoms. The summed E-state index contributed by atoms with van der Waals surface area (Å²) in [5, 5.41) is 2.62. The van der Waals surface area contributed by atoms with Gasteiger partial charge in [0, 0.05) is 23.8 Å². The van der Waals surface area contributed by atoms with Crippen LogP contribution in [0.25, 0.3) is 6.08 Å². The number of rotatable bonds is 9. The van der Waals surface area contributed by atoms with Crippen molar-refractivity contribution < 1.29 is 33.3 Å². The van der Waals surface area contributed by atoms with Gasteiger partial charge in [-0.3, -0.25) is 4.79 Å². The summed E-state index contributed by atoms with van der Waals surface area (Å²) in [6.07, 6.45) is 2.75. The molecule has 0 aromatic heterocycles. The van der Waals surface area contributed by atoms with Crippen LogP contribution in [-0.2, 0) is 14.3 Å². The highest BCUT2D eigenvalue weighted by Gasteiger charge is 2.11. The van der Waals surface area contributed by atoms with Gasteiger partial charge in [-0.2, -0.15) is 0 Å². The number of hydrogen-bond donors (Lipinski definition) is 1. The molecule has 1 N–H and O–H groups in total. The molecule has 1 amide bonds. The van der Waals surface area contributed by atoms with Gasteiger partial charge in [-0.25, -0.2) is 4.79 Å². The molecule has 8 nitrogen and oxygen atoms in total. The average molecular weight is 401 g/mol. The summed E-state index contributed by atoms with van der Waals surface area (Å²) < 4.78 is 25.7. The molecule has 0 fully saturated rings. The molecule has 0 bridgehead atoms. The van der Waals surface area contributed by atoms with Crippen LogP contribution in [-0.4, -0.2) is 46.9 Å². The maximum absolute atomic E-state index is 12.1. The van der Waals surface area contributed by atoms with Crippen molar-refractivity contribution in [2.45, 2.75) is 0 Å². The molecule has 0 heterocycles. The third-order valence-electron chi connectivity index (χ3n) is 3.87. The fraction of sp³-hybridized carbons (Fsp3) is 0.238. The number of carbonyl (C=O) groups excluding carboxylic acids is 2. The first-order chi connectivity index (χ1) is 14.0. The Hall–Kier alpha value is -3.68. The summed E-state index contributed by atoms with van der Waals surface area (Å²) in [7, 11) is 6.07. The summed E-state index contributed by atoms with van der Waals surface area (Å²) in [5.41, 5.74) is 1.10. The van der Waals surface area contributed by atoms with E-state index in [0.29, 0.717) is 34.2 Å². The van der Waals surface area contributed by atoms with Crippen molar-refractivity contribution in [1.29, 1.82) is 0 Å². The van der Waals surface area contributed by atoms with Gasteiger partial charge in [0.05, 0.1) is 34.1 Å². The molecule has 0 aliphatic heterocycles. The van der Waals surface area contributed by atoms with Gasteiger partial charge in [-0.05, 0) is 30.3 Å². The van der Waals surface area contributed by atoms with Gasteiger partial charge in [0.25, 0.3) is 5.91 Å². The number of esters is 1. The number of nitrogens with one attached hydrogen (secondary N) is 1. The minimum absolute atomic E-state index is 0.426. The number of benzene rings is 2. The Morgan fingerprint density at radius 3 is 2.10 bits per heavy atom. The summed E-state index contributed by atoms with van der Waals surface area (Å²) in [6, 6.07) is 10.1. The lowest BCUT2D eigenvalue weighted by Gasteiger charge is -2.11. The maximum Gasteiger partial charge on any atom is 0.331 e. The van der Waals surface area contributed by atoms with E-state index in [-0.39, 0.29) is 0 Å². The van der Waals surface area contributed by atoms with Crippen LogP contribution in [0.1, 0.15) is 5.56 Å². The van der Waals surface area contributed by atoms with E-state index in [1.807, 2.05) is 0 Å². The molecule has 0 unspecified atom stereocenters. The molecule has 2 aromatic carbocycles. The first kappa shape index (κ1) is 21.6. The maximum atomic E-state index is 12.1. The quantitative estimate of drug-likeness (QED) is 0.510. The molecule has 0 saturated heterocycles. The molecule has 2 rings (SSSR count).